The first-order valence-corrected chi connectivity index (χ1v) is 6.06. The molecule has 0 heterocycles. The molecule has 0 aliphatic rings. The van der Waals surface area contributed by atoms with Crippen LogP contribution in [0.25, 0.3) is 0 Å². The van der Waals surface area contributed by atoms with Crippen LogP contribution in [0.15, 0.2) is 24.3 Å². The zero-order chi connectivity index (χ0) is 10.8. The summed E-state index contributed by atoms with van der Waals surface area (Å²) in [5.41, 5.74) is 1.40. The summed E-state index contributed by atoms with van der Waals surface area (Å²) in [5.74, 6) is 0.921. The zero-order valence-corrected chi connectivity index (χ0v) is 10.2. The van der Waals surface area contributed by atoms with Crippen molar-refractivity contribution in [3.63, 3.8) is 0 Å². The van der Waals surface area contributed by atoms with Gasteiger partial charge in [0.15, 0.2) is 0 Å². The monoisotopic (exact) mass is 194 g/mol. The standard InChI is InChI=1S/C14H26/c1-5-9-10-14(8-4)12-11-13(6-2)7-3/h6-7,14H,2,5,8-12H2,1,3-4H3/b13-7+. The first kappa shape index (κ1) is 13.5. The molecule has 0 aromatic heterocycles. The largest absolute Gasteiger partial charge is 0.0988 e. The second-order valence-electron chi connectivity index (χ2n) is 4.02. The summed E-state index contributed by atoms with van der Waals surface area (Å²) in [6.07, 6.45) is 12.2. The SMILES string of the molecule is C=C/C(=C\C)CCC(CC)CCCC. The molecular weight excluding hydrogens is 168 g/mol. The third-order valence-electron chi connectivity index (χ3n) is 3.02. The lowest BCUT2D eigenvalue weighted by atomic mass is 9.92. The molecule has 0 rings (SSSR count). The van der Waals surface area contributed by atoms with Crippen LogP contribution in [0.2, 0.25) is 0 Å². The van der Waals surface area contributed by atoms with Gasteiger partial charge in [0.1, 0.15) is 0 Å². The number of hydrogen-bond acceptors (Lipinski definition) is 0. The Kier molecular flexibility index (Phi) is 8.72. The Bertz CT molecular complexity index is 165. The van der Waals surface area contributed by atoms with Crippen molar-refractivity contribution in [2.75, 3.05) is 0 Å². The number of hydrogen-bond donors (Lipinski definition) is 0. The molecule has 0 spiro atoms. The molecule has 1 unspecified atom stereocenters. The first-order valence-electron chi connectivity index (χ1n) is 6.06. The van der Waals surface area contributed by atoms with E-state index in [-0.39, 0.29) is 0 Å². The van der Waals surface area contributed by atoms with E-state index in [4.69, 9.17) is 0 Å². The summed E-state index contributed by atoms with van der Waals surface area (Å²) >= 11 is 0. The predicted octanol–water partition coefficient (Wildman–Crippen LogP) is 5.12. The van der Waals surface area contributed by atoms with Gasteiger partial charge in [-0.15, -0.1) is 0 Å². The van der Waals surface area contributed by atoms with Crippen molar-refractivity contribution in [3.8, 4) is 0 Å². The fraction of sp³-hybridized carbons (Fsp3) is 0.714. The van der Waals surface area contributed by atoms with Gasteiger partial charge < -0.3 is 0 Å². The summed E-state index contributed by atoms with van der Waals surface area (Å²) in [5, 5.41) is 0. The van der Waals surface area contributed by atoms with Gasteiger partial charge in [-0.3, -0.25) is 0 Å². The molecule has 0 saturated carbocycles. The van der Waals surface area contributed by atoms with Crippen LogP contribution in [0, 0.1) is 5.92 Å². The minimum atomic E-state index is 0.921. The lowest BCUT2D eigenvalue weighted by molar-refractivity contribution is 0.422. The van der Waals surface area contributed by atoms with Crippen LogP contribution in [-0.2, 0) is 0 Å². The van der Waals surface area contributed by atoms with Gasteiger partial charge in [0.2, 0.25) is 0 Å². The maximum atomic E-state index is 3.83. The van der Waals surface area contributed by atoms with Crippen molar-refractivity contribution in [2.45, 2.75) is 59.3 Å². The third-order valence-corrected chi connectivity index (χ3v) is 3.02. The number of allylic oxidation sites excluding steroid dienone is 3. The van der Waals surface area contributed by atoms with E-state index in [1.165, 1.54) is 44.1 Å². The van der Waals surface area contributed by atoms with E-state index in [1.807, 2.05) is 6.08 Å². The Hall–Kier alpha value is -0.520. The molecule has 0 heteroatoms. The van der Waals surface area contributed by atoms with E-state index in [9.17, 15) is 0 Å². The van der Waals surface area contributed by atoms with E-state index < -0.39 is 0 Å². The maximum absolute atomic E-state index is 3.83. The molecule has 82 valence electrons. The lowest BCUT2D eigenvalue weighted by Crippen LogP contribution is -1.99. The van der Waals surface area contributed by atoms with Gasteiger partial charge in [-0.1, -0.05) is 63.8 Å². The second-order valence-corrected chi connectivity index (χ2v) is 4.02. The van der Waals surface area contributed by atoms with Gasteiger partial charge >= 0.3 is 0 Å². The van der Waals surface area contributed by atoms with Crippen molar-refractivity contribution in [3.05, 3.63) is 24.3 Å². The summed E-state index contributed by atoms with van der Waals surface area (Å²) in [7, 11) is 0. The highest BCUT2D eigenvalue weighted by Gasteiger charge is 2.05. The molecule has 0 aromatic carbocycles. The molecule has 0 nitrogen and oxygen atoms in total. The molecule has 0 saturated heterocycles. The van der Waals surface area contributed by atoms with Gasteiger partial charge in [-0.2, -0.15) is 0 Å². The van der Waals surface area contributed by atoms with Crippen LogP contribution in [0.4, 0.5) is 0 Å². The minimum Gasteiger partial charge on any atom is -0.0988 e. The van der Waals surface area contributed by atoms with Crippen LogP contribution >= 0.6 is 0 Å². The van der Waals surface area contributed by atoms with Crippen molar-refractivity contribution >= 4 is 0 Å². The maximum Gasteiger partial charge on any atom is -0.0280 e. The van der Waals surface area contributed by atoms with Gasteiger partial charge in [-0.25, -0.2) is 0 Å². The van der Waals surface area contributed by atoms with Crippen LogP contribution in [0.5, 0.6) is 0 Å². The van der Waals surface area contributed by atoms with E-state index in [1.54, 1.807) is 0 Å². The van der Waals surface area contributed by atoms with Crippen molar-refractivity contribution in [2.24, 2.45) is 5.92 Å². The van der Waals surface area contributed by atoms with Gasteiger partial charge in [-0.05, 0) is 25.7 Å². The molecule has 0 aliphatic heterocycles. The first-order chi connectivity index (χ1) is 6.78. The minimum absolute atomic E-state index is 0.921. The molecule has 0 aromatic rings. The molecule has 14 heavy (non-hydrogen) atoms. The van der Waals surface area contributed by atoms with Crippen LogP contribution in [-0.4, -0.2) is 0 Å². The van der Waals surface area contributed by atoms with Crippen molar-refractivity contribution in [1.82, 2.24) is 0 Å². The summed E-state index contributed by atoms with van der Waals surface area (Å²) in [4.78, 5) is 0. The fourth-order valence-electron chi connectivity index (χ4n) is 1.78. The van der Waals surface area contributed by atoms with Gasteiger partial charge in [0.05, 0.1) is 0 Å². The quantitative estimate of drug-likeness (QED) is 0.471. The van der Waals surface area contributed by atoms with E-state index >= 15 is 0 Å². The highest BCUT2D eigenvalue weighted by molar-refractivity contribution is 5.14. The van der Waals surface area contributed by atoms with E-state index in [0.29, 0.717) is 0 Å². The van der Waals surface area contributed by atoms with Crippen molar-refractivity contribution in [1.29, 1.82) is 0 Å². The summed E-state index contributed by atoms with van der Waals surface area (Å²) in [6.45, 7) is 10.5. The highest BCUT2D eigenvalue weighted by atomic mass is 14.1. The lowest BCUT2D eigenvalue weighted by Gasteiger charge is -2.14. The molecule has 0 fully saturated rings. The predicted molar refractivity (Wildman–Crippen MR) is 66.5 cm³/mol. The average Bonchev–Trinajstić information content (AvgIpc) is 2.23. The Morgan fingerprint density at radius 1 is 1.29 bits per heavy atom. The Balaban J connectivity index is 3.76. The van der Waals surface area contributed by atoms with Gasteiger partial charge in [0.25, 0.3) is 0 Å². The van der Waals surface area contributed by atoms with Crippen molar-refractivity contribution < 1.29 is 0 Å². The Labute approximate surface area is 90.1 Å². The smallest absolute Gasteiger partial charge is 0.0280 e. The number of unbranched alkanes of at least 4 members (excludes halogenated alkanes) is 1. The van der Waals surface area contributed by atoms with Crippen LogP contribution in [0.1, 0.15) is 59.3 Å². The van der Waals surface area contributed by atoms with E-state index in [0.717, 1.165) is 5.92 Å². The van der Waals surface area contributed by atoms with E-state index in [2.05, 4.69) is 33.4 Å². The molecule has 0 N–H and O–H groups in total. The molecule has 0 radical (unpaired) electrons. The van der Waals surface area contributed by atoms with Crippen LogP contribution < -0.4 is 0 Å². The second kappa shape index (κ2) is 9.05. The molecular formula is C14H26. The zero-order valence-electron chi connectivity index (χ0n) is 10.2. The number of rotatable bonds is 8. The summed E-state index contributed by atoms with van der Waals surface area (Å²) < 4.78 is 0. The summed E-state index contributed by atoms with van der Waals surface area (Å²) in [6, 6.07) is 0. The van der Waals surface area contributed by atoms with Crippen LogP contribution in [0.3, 0.4) is 0 Å². The molecule has 0 amide bonds. The highest BCUT2D eigenvalue weighted by Crippen LogP contribution is 2.21. The molecule has 0 bridgehead atoms. The Morgan fingerprint density at radius 2 is 2.00 bits per heavy atom. The third kappa shape index (κ3) is 6.01. The fourth-order valence-corrected chi connectivity index (χ4v) is 1.78. The normalized spacial score (nSPS) is 14.1. The Morgan fingerprint density at radius 3 is 2.43 bits per heavy atom. The topological polar surface area (TPSA) is 0 Å². The average molecular weight is 194 g/mol. The molecule has 1 atom stereocenters. The van der Waals surface area contributed by atoms with Gasteiger partial charge in [0, 0.05) is 0 Å². The molecule has 0 aliphatic carbocycles.